The molecule has 0 heterocycles. The van der Waals surface area contributed by atoms with Gasteiger partial charge < -0.3 is 21.5 Å². The first-order chi connectivity index (χ1) is 9.41. The zero-order chi connectivity index (χ0) is 15.1. The van der Waals surface area contributed by atoms with E-state index in [9.17, 15) is 18.8 Å². The molecule has 0 atom stereocenters. The Bertz CT molecular complexity index is 533. The highest BCUT2D eigenvalue weighted by Gasteiger charge is 2.16. The summed E-state index contributed by atoms with van der Waals surface area (Å²) in [4.78, 5) is 32.9. The van der Waals surface area contributed by atoms with Crippen molar-refractivity contribution in [3.8, 4) is 0 Å². The minimum Gasteiger partial charge on any atom is -0.478 e. The van der Waals surface area contributed by atoms with Crippen molar-refractivity contribution in [2.45, 2.75) is 12.8 Å². The lowest BCUT2D eigenvalue weighted by Gasteiger charge is -2.10. The fourth-order valence-corrected chi connectivity index (χ4v) is 1.45. The monoisotopic (exact) mass is 283 g/mol. The molecule has 0 saturated carbocycles. The van der Waals surface area contributed by atoms with Gasteiger partial charge in [0.25, 0.3) is 0 Å². The van der Waals surface area contributed by atoms with E-state index in [4.69, 9.17) is 10.8 Å². The number of primary amides is 1. The van der Waals surface area contributed by atoms with E-state index in [0.717, 1.165) is 6.07 Å². The number of carbonyl (C=O) groups excluding carboxylic acids is 2. The van der Waals surface area contributed by atoms with Gasteiger partial charge in [0.15, 0.2) is 0 Å². The minimum absolute atomic E-state index is 0.111. The Morgan fingerprint density at radius 2 is 2.00 bits per heavy atom. The van der Waals surface area contributed by atoms with Crippen molar-refractivity contribution in [1.82, 2.24) is 5.32 Å². The van der Waals surface area contributed by atoms with Crippen LogP contribution >= 0.6 is 0 Å². The Hall–Kier alpha value is -2.64. The summed E-state index contributed by atoms with van der Waals surface area (Å²) in [7, 11) is 0. The first kappa shape index (κ1) is 15.4. The van der Waals surface area contributed by atoms with Crippen molar-refractivity contribution in [3.05, 3.63) is 29.6 Å². The number of benzene rings is 1. The lowest BCUT2D eigenvalue weighted by Crippen LogP contribution is -2.31. The highest BCUT2D eigenvalue weighted by molar-refractivity contribution is 6.00. The molecule has 0 aliphatic rings. The molecule has 1 aromatic carbocycles. The number of amides is 3. The number of carbonyl (C=O) groups is 3. The van der Waals surface area contributed by atoms with Gasteiger partial charge in [-0.25, -0.2) is 14.0 Å². The van der Waals surface area contributed by atoms with E-state index in [1.807, 2.05) is 0 Å². The second-order valence-electron chi connectivity index (χ2n) is 3.92. The fourth-order valence-electron chi connectivity index (χ4n) is 1.45. The van der Waals surface area contributed by atoms with Crippen LogP contribution in [0.5, 0.6) is 0 Å². The quantitative estimate of drug-likeness (QED) is 0.580. The maximum Gasteiger partial charge on any atom is 0.337 e. The molecule has 0 aliphatic heterocycles. The molecular weight excluding hydrogens is 269 g/mol. The second kappa shape index (κ2) is 7.07. The van der Waals surface area contributed by atoms with E-state index in [1.54, 1.807) is 0 Å². The molecule has 3 amide bonds. The predicted molar refractivity (Wildman–Crippen MR) is 68.8 cm³/mol. The molecule has 1 aromatic rings. The third-order valence-corrected chi connectivity index (χ3v) is 2.37. The van der Waals surface area contributed by atoms with Crippen molar-refractivity contribution >= 4 is 23.6 Å². The van der Waals surface area contributed by atoms with Crippen LogP contribution in [0.2, 0.25) is 0 Å². The zero-order valence-corrected chi connectivity index (χ0v) is 10.5. The van der Waals surface area contributed by atoms with Crippen molar-refractivity contribution in [2.24, 2.45) is 5.73 Å². The zero-order valence-electron chi connectivity index (χ0n) is 10.5. The normalized spacial score (nSPS) is 9.85. The van der Waals surface area contributed by atoms with Crippen LogP contribution in [0.4, 0.5) is 14.9 Å². The van der Waals surface area contributed by atoms with Crippen molar-refractivity contribution in [1.29, 1.82) is 0 Å². The number of rotatable bonds is 6. The van der Waals surface area contributed by atoms with Gasteiger partial charge in [0.1, 0.15) is 5.82 Å². The van der Waals surface area contributed by atoms with Gasteiger partial charge in [0.2, 0.25) is 5.91 Å². The van der Waals surface area contributed by atoms with Gasteiger partial charge in [0.05, 0.1) is 11.3 Å². The van der Waals surface area contributed by atoms with E-state index < -0.39 is 29.4 Å². The summed E-state index contributed by atoms with van der Waals surface area (Å²) in [5.74, 6) is -2.69. The Morgan fingerprint density at radius 3 is 2.60 bits per heavy atom. The Morgan fingerprint density at radius 1 is 1.30 bits per heavy atom. The molecule has 0 saturated heterocycles. The van der Waals surface area contributed by atoms with Crippen LogP contribution in [0, 0.1) is 5.82 Å². The van der Waals surface area contributed by atoms with Crippen LogP contribution < -0.4 is 16.4 Å². The number of halogens is 1. The summed E-state index contributed by atoms with van der Waals surface area (Å²) in [6.07, 6.45) is 0.451. The number of para-hydroxylation sites is 1. The Kier molecular flexibility index (Phi) is 5.45. The molecule has 0 spiro atoms. The van der Waals surface area contributed by atoms with Gasteiger partial charge in [-0.15, -0.1) is 0 Å². The van der Waals surface area contributed by atoms with E-state index in [2.05, 4.69) is 10.6 Å². The van der Waals surface area contributed by atoms with Crippen molar-refractivity contribution in [3.63, 3.8) is 0 Å². The van der Waals surface area contributed by atoms with Crippen molar-refractivity contribution in [2.75, 3.05) is 11.9 Å². The largest absolute Gasteiger partial charge is 0.478 e. The number of nitrogens with two attached hydrogens (primary N) is 1. The number of aromatic carboxylic acids is 1. The molecule has 7 nitrogen and oxygen atoms in total. The van der Waals surface area contributed by atoms with Gasteiger partial charge in [-0.05, 0) is 18.6 Å². The molecular formula is C12H14FN3O4. The summed E-state index contributed by atoms with van der Waals surface area (Å²) >= 11 is 0. The number of carboxylic acids is 1. The SMILES string of the molecule is NC(=O)CCCNC(=O)Nc1c(F)cccc1C(=O)O. The number of hydrogen-bond acceptors (Lipinski definition) is 3. The fraction of sp³-hybridized carbons (Fsp3) is 0.250. The molecule has 0 bridgehead atoms. The number of carboxylic acid groups (broad SMARTS) is 1. The molecule has 8 heteroatoms. The van der Waals surface area contributed by atoms with Gasteiger partial charge in [-0.2, -0.15) is 0 Å². The highest BCUT2D eigenvalue weighted by Crippen LogP contribution is 2.19. The van der Waals surface area contributed by atoms with Gasteiger partial charge in [-0.1, -0.05) is 6.07 Å². The van der Waals surface area contributed by atoms with E-state index >= 15 is 0 Å². The number of urea groups is 1. The molecule has 0 aromatic heterocycles. The van der Waals surface area contributed by atoms with Gasteiger partial charge >= 0.3 is 12.0 Å². The third kappa shape index (κ3) is 4.56. The smallest absolute Gasteiger partial charge is 0.337 e. The average molecular weight is 283 g/mol. The highest BCUT2D eigenvalue weighted by atomic mass is 19.1. The maximum atomic E-state index is 13.5. The van der Waals surface area contributed by atoms with Crippen LogP contribution in [-0.4, -0.2) is 29.6 Å². The maximum absolute atomic E-state index is 13.5. The number of hydrogen-bond donors (Lipinski definition) is 4. The topological polar surface area (TPSA) is 122 Å². The Labute approximate surface area is 114 Å². The van der Waals surface area contributed by atoms with Gasteiger partial charge in [0, 0.05) is 13.0 Å². The molecule has 0 fully saturated rings. The molecule has 0 radical (unpaired) electrons. The van der Waals surface area contributed by atoms with Crippen LogP contribution in [-0.2, 0) is 4.79 Å². The molecule has 108 valence electrons. The summed E-state index contributed by atoms with van der Waals surface area (Å²) in [6.45, 7) is 0.158. The summed E-state index contributed by atoms with van der Waals surface area (Å²) in [6, 6.07) is 2.68. The summed E-state index contributed by atoms with van der Waals surface area (Å²) < 4.78 is 13.5. The average Bonchev–Trinajstić information content (AvgIpc) is 2.36. The molecule has 20 heavy (non-hydrogen) atoms. The lowest BCUT2D eigenvalue weighted by atomic mass is 10.1. The predicted octanol–water partition coefficient (Wildman–Crippen LogP) is 0.911. The summed E-state index contributed by atoms with van der Waals surface area (Å²) in [5, 5.41) is 13.4. The lowest BCUT2D eigenvalue weighted by molar-refractivity contribution is -0.118. The van der Waals surface area contributed by atoms with E-state index in [-0.39, 0.29) is 18.5 Å². The van der Waals surface area contributed by atoms with Crippen LogP contribution in [0.1, 0.15) is 23.2 Å². The molecule has 0 aliphatic carbocycles. The molecule has 5 N–H and O–H groups in total. The number of nitrogens with one attached hydrogen (secondary N) is 2. The van der Waals surface area contributed by atoms with E-state index in [1.165, 1.54) is 12.1 Å². The molecule has 1 rings (SSSR count). The van der Waals surface area contributed by atoms with Gasteiger partial charge in [-0.3, -0.25) is 4.79 Å². The standard InChI is InChI=1S/C12H14FN3O4/c13-8-4-1-3-7(11(18)19)10(8)16-12(20)15-6-2-5-9(14)17/h1,3-4H,2,5-6H2,(H2,14,17)(H,18,19)(H2,15,16,20). The summed E-state index contributed by atoms with van der Waals surface area (Å²) in [5.41, 5.74) is 4.16. The Balaban J connectivity index is 2.62. The first-order valence-electron chi connectivity index (χ1n) is 5.76. The van der Waals surface area contributed by atoms with Crippen LogP contribution in [0.3, 0.4) is 0 Å². The van der Waals surface area contributed by atoms with E-state index in [0.29, 0.717) is 6.42 Å². The minimum atomic E-state index is -1.35. The van der Waals surface area contributed by atoms with Crippen molar-refractivity contribution < 1.29 is 23.9 Å². The van der Waals surface area contributed by atoms with Crippen LogP contribution in [0.25, 0.3) is 0 Å². The third-order valence-electron chi connectivity index (χ3n) is 2.37. The van der Waals surface area contributed by atoms with Crippen LogP contribution in [0.15, 0.2) is 18.2 Å². The first-order valence-corrected chi connectivity index (χ1v) is 5.76. The second-order valence-corrected chi connectivity index (χ2v) is 3.92. The molecule has 0 unspecified atom stereocenters. The number of anilines is 1.